The molecule has 1 aliphatic rings. The summed E-state index contributed by atoms with van der Waals surface area (Å²) in [5, 5.41) is 11.8. The van der Waals surface area contributed by atoms with Crippen molar-refractivity contribution >= 4 is 17.4 Å². The van der Waals surface area contributed by atoms with Gasteiger partial charge in [0.1, 0.15) is 0 Å². The minimum Gasteiger partial charge on any atom is -0.365 e. The van der Waals surface area contributed by atoms with Crippen molar-refractivity contribution in [1.29, 1.82) is 5.26 Å². The first-order valence-corrected chi connectivity index (χ1v) is 9.06. The summed E-state index contributed by atoms with van der Waals surface area (Å²) in [4.78, 5) is 20.0. The largest absolute Gasteiger partial charge is 0.417 e. The van der Waals surface area contributed by atoms with Crippen LogP contribution in [-0.2, 0) is 6.18 Å². The van der Waals surface area contributed by atoms with Crippen molar-refractivity contribution in [2.75, 3.05) is 23.3 Å². The second-order valence-corrected chi connectivity index (χ2v) is 7.01. The average molecular weight is 403 g/mol. The Kier molecular flexibility index (Phi) is 5.64. The van der Waals surface area contributed by atoms with E-state index in [9.17, 15) is 18.0 Å². The minimum absolute atomic E-state index is 0.205. The Morgan fingerprint density at radius 1 is 1.17 bits per heavy atom. The van der Waals surface area contributed by atoms with Gasteiger partial charge in [0.2, 0.25) is 0 Å². The van der Waals surface area contributed by atoms with E-state index in [2.05, 4.69) is 10.3 Å². The monoisotopic (exact) mass is 403 g/mol. The summed E-state index contributed by atoms with van der Waals surface area (Å²) in [6.45, 7) is 4.41. The lowest BCUT2D eigenvalue weighted by atomic mass is 10.0. The fourth-order valence-corrected chi connectivity index (χ4v) is 3.44. The van der Waals surface area contributed by atoms with E-state index in [4.69, 9.17) is 5.26 Å². The number of hydrogen-bond donors (Lipinski definition) is 1. The zero-order valence-electron chi connectivity index (χ0n) is 15.9. The summed E-state index contributed by atoms with van der Waals surface area (Å²) >= 11 is 0. The highest BCUT2D eigenvalue weighted by atomic mass is 19.4. The molecule has 9 heteroatoms. The van der Waals surface area contributed by atoms with Crippen LogP contribution >= 0.6 is 0 Å². The number of nitrogens with zero attached hydrogens (tertiary/aromatic N) is 4. The molecule has 2 atom stereocenters. The Labute approximate surface area is 166 Å². The summed E-state index contributed by atoms with van der Waals surface area (Å²) < 4.78 is 39.9. The first-order valence-electron chi connectivity index (χ1n) is 9.06. The van der Waals surface area contributed by atoms with E-state index in [0.717, 1.165) is 6.07 Å². The number of amides is 2. The van der Waals surface area contributed by atoms with Gasteiger partial charge in [-0.3, -0.25) is 4.98 Å². The Bertz CT molecular complexity index is 926. The Balaban J connectivity index is 1.78. The molecular formula is C20H20F3N5O. The van der Waals surface area contributed by atoms with Crippen molar-refractivity contribution in [3.63, 3.8) is 0 Å². The number of urea groups is 1. The zero-order chi connectivity index (χ0) is 21.2. The van der Waals surface area contributed by atoms with Crippen LogP contribution in [0.1, 0.15) is 25.0 Å². The maximum Gasteiger partial charge on any atom is 0.417 e. The lowest BCUT2D eigenvalue weighted by Crippen LogP contribution is -2.59. The van der Waals surface area contributed by atoms with Gasteiger partial charge in [0, 0.05) is 48.9 Å². The highest BCUT2D eigenvalue weighted by Gasteiger charge is 2.36. The third-order valence-corrected chi connectivity index (χ3v) is 4.94. The van der Waals surface area contributed by atoms with Crippen LogP contribution in [0.4, 0.5) is 29.3 Å². The molecule has 1 aromatic carbocycles. The molecule has 1 saturated heterocycles. The maximum absolute atomic E-state index is 13.3. The van der Waals surface area contributed by atoms with Crippen LogP contribution in [0.15, 0.2) is 42.7 Å². The molecule has 0 radical (unpaired) electrons. The minimum atomic E-state index is -4.61. The normalized spacial score (nSPS) is 19.6. The Hall–Kier alpha value is -3.28. The first-order chi connectivity index (χ1) is 13.7. The van der Waals surface area contributed by atoms with Crippen molar-refractivity contribution in [3.8, 4) is 6.07 Å². The van der Waals surface area contributed by atoms with Crippen LogP contribution in [-0.4, -0.2) is 41.1 Å². The summed E-state index contributed by atoms with van der Waals surface area (Å²) in [6.07, 6.45) is -1.46. The number of halogens is 3. The van der Waals surface area contributed by atoms with Gasteiger partial charge in [-0.05, 0) is 44.2 Å². The second kappa shape index (κ2) is 7.99. The summed E-state index contributed by atoms with van der Waals surface area (Å²) in [5.74, 6) is 0. The number of nitriles is 1. The quantitative estimate of drug-likeness (QED) is 0.819. The van der Waals surface area contributed by atoms with Gasteiger partial charge in [0.15, 0.2) is 0 Å². The van der Waals surface area contributed by atoms with Crippen molar-refractivity contribution in [2.24, 2.45) is 0 Å². The number of alkyl halides is 3. The van der Waals surface area contributed by atoms with Crippen LogP contribution in [0.2, 0.25) is 0 Å². The van der Waals surface area contributed by atoms with Gasteiger partial charge >= 0.3 is 12.2 Å². The molecule has 152 valence electrons. The van der Waals surface area contributed by atoms with E-state index in [1.54, 1.807) is 35.5 Å². The van der Waals surface area contributed by atoms with Crippen molar-refractivity contribution in [3.05, 3.63) is 53.9 Å². The number of benzene rings is 1. The van der Waals surface area contributed by atoms with Crippen molar-refractivity contribution < 1.29 is 18.0 Å². The van der Waals surface area contributed by atoms with Gasteiger partial charge in [-0.2, -0.15) is 18.4 Å². The molecule has 6 nitrogen and oxygen atoms in total. The second-order valence-electron chi connectivity index (χ2n) is 7.01. The molecule has 0 saturated carbocycles. The van der Waals surface area contributed by atoms with E-state index < -0.39 is 17.3 Å². The maximum atomic E-state index is 13.3. The number of hydrogen-bond acceptors (Lipinski definition) is 4. The number of aromatic nitrogens is 1. The highest BCUT2D eigenvalue weighted by molar-refractivity contribution is 5.89. The highest BCUT2D eigenvalue weighted by Crippen LogP contribution is 2.35. The van der Waals surface area contributed by atoms with E-state index in [0.29, 0.717) is 24.5 Å². The number of carbonyl (C=O) groups excluding carboxylic acids is 1. The SMILES string of the molecule is C[C@@H]1CN(c2ccc(C#N)c(C(F)(F)F)c2)[C@@H](C)CN1C(=O)Nc1ccncc1. The van der Waals surface area contributed by atoms with Crippen LogP contribution < -0.4 is 10.2 Å². The lowest BCUT2D eigenvalue weighted by molar-refractivity contribution is -0.137. The number of piperazine rings is 1. The molecule has 2 aromatic rings. The number of carbonyl (C=O) groups is 1. The molecule has 0 bridgehead atoms. The van der Waals surface area contributed by atoms with Gasteiger partial charge in [0.05, 0.1) is 17.2 Å². The molecule has 1 aliphatic heterocycles. The summed E-state index contributed by atoms with van der Waals surface area (Å²) in [7, 11) is 0. The molecule has 0 unspecified atom stereocenters. The van der Waals surface area contributed by atoms with E-state index >= 15 is 0 Å². The summed E-state index contributed by atoms with van der Waals surface area (Å²) in [6, 6.07) is 7.97. The Morgan fingerprint density at radius 2 is 1.86 bits per heavy atom. The molecular weight excluding hydrogens is 383 g/mol. The van der Waals surface area contributed by atoms with Gasteiger partial charge in [-0.15, -0.1) is 0 Å². The van der Waals surface area contributed by atoms with Crippen LogP contribution in [0, 0.1) is 11.3 Å². The van der Waals surface area contributed by atoms with Crippen LogP contribution in [0.5, 0.6) is 0 Å². The average Bonchev–Trinajstić information content (AvgIpc) is 2.69. The number of nitrogens with one attached hydrogen (secondary N) is 1. The Morgan fingerprint density at radius 3 is 2.48 bits per heavy atom. The number of anilines is 2. The zero-order valence-corrected chi connectivity index (χ0v) is 15.9. The molecule has 0 spiro atoms. The number of pyridine rings is 1. The third kappa shape index (κ3) is 4.42. The standard InChI is InChI=1S/C20H20F3N5O/c1-13-12-28(19(29)26-16-5-7-25-8-6-16)14(2)11-27(13)17-4-3-15(10-24)18(9-17)20(21,22)23/h3-9,13-14H,11-12H2,1-2H3,(H,25,26,29)/t13-,14+/m0/s1. The fourth-order valence-electron chi connectivity index (χ4n) is 3.44. The van der Waals surface area contributed by atoms with Crippen molar-refractivity contribution in [2.45, 2.75) is 32.1 Å². The predicted octanol–water partition coefficient (Wildman–Crippen LogP) is 4.10. The molecule has 29 heavy (non-hydrogen) atoms. The molecule has 2 amide bonds. The van der Waals surface area contributed by atoms with Crippen LogP contribution in [0.25, 0.3) is 0 Å². The molecule has 1 fully saturated rings. The molecule has 2 heterocycles. The van der Waals surface area contributed by atoms with Crippen molar-refractivity contribution in [1.82, 2.24) is 9.88 Å². The smallest absolute Gasteiger partial charge is 0.365 e. The van der Waals surface area contributed by atoms with Gasteiger partial charge in [-0.1, -0.05) is 0 Å². The molecule has 1 N–H and O–H groups in total. The van der Waals surface area contributed by atoms with E-state index in [1.165, 1.54) is 12.1 Å². The van der Waals surface area contributed by atoms with Crippen LogP contribution in [0.3, 0.4) is 0 Å². The third-order valence-electron chi connectivity index (χ3n) is 4.94. The van der Waals surface area contributed by atoms with Gasteiger partial charge < -0.3 is 15.1 Å². The van der Waals surface area contributed by atoms with E-state index in [-0.39, 0.29) is 18.1 Å². The summed E-state index contributed by atoms with van der Waals surface area (Å²) in [5.41, 5.74) is -0.355. The molecule has 3 rings (SSSR count). The fraction of sp³-hybridized carbons (Fsp3) is 0.350. The topological polar surface area (TPSA) is 72.3 Å². The predicted molar refractivity (Wildman–Crippen MR) is 102 cm³/mol. The first kappa shape index (κ1) is 20.5. The lowest BCUT2D eigenvalue weighted by Gasteiger charge is -2.45. The van der Waals surface area contributed by atoms with Gasteiger partial charge in [-0.25, -0.2) is 4.79 Å². The van der Waals surface area contributed by atoms with Gasteiger partial charge in [0.25, 0.3) is 0 Å². The van der Waals surface area contributed by atoms with E-state index in [1.807, 2.05) is 18.7 Å². The molecule has 0 aliphatic carbocycles. The number of rotatable bonds is 2. The molecule has 1 aromatic heterocycles.